The lowest BCUT2D eigenvalue weighted by Gasteiger charge is -2.15. The Morgan fingerprint density at radius 1 is 1.59 bits per heavy atom. The van der Waals surface area contributed by atoms with E-state index in [2.05, 4.69) is 4.98 Å². The second-order valence-corrected chi connectivity index (χ2v) is 3.98. The summed E-state index contributed by atoms with van der Waals surface area (Å²) >= 11 is 0. The minimum atomic E-state index is 0.0547. The molecule has 0 aromatic carbocycles. The van der Waals surface area contributed by atoms with Crippen molar-refractivity contribution in [2.45, 2.75) is 19.4 Å². The number of hydrogen-bond donors (Lipinski definition) is 0. The Balaban J connectivity index is 1.88. The minimum absolute atomic E-state index is 0.0547. The van der Waals surface area contributed by atoms with Crippen molar-refractivity contribution in [3.8, 4) is 5.88 Å². The van der Waals surface area contributed by atoms with Gasteiger partial charge in [-0.25, -0.2) is 4.98 Å². The topological polar surface area (TPSA) is 42.4 Å². The first kappa shape index (κ1) is 11.6. The SMILES string of the molecule is C/C=C/C(=O)N1CC[C@@H](Oc2ccccn2)C1. The van der Waals surface area contributed by atoms with Gasteiger partial charge < -0.3 is 9.64 Å². The lowest BCUT2D eigenvalue weighted by Crippen LogP contribution is -2.29. The van der Waals surface area contributed by atoms with Gasteiger partial charge in [-0.05, 0) is 19.1 Å². The lowest BCUT2D eigenvalue weighted by molar-refractivity contribution is -0.125. The molecular weight excluding hydrogens is 216 g/mol. The number of carbonyl (C=O) groups is 1. The first-order chi connectivity index (χ1) is 8.29. The maximum Gasteiger partial charge on any atom is 0.246 e. The number of aromatic nitrogens is 1. The van der Waals surface area contributed by atoms with Crippen LogP contribution in [0.25, 0.3) is 0 Å². The van der Waals surface area contributed by atoms with Crippen LogP contribution in [0.15, 0.2) is 36.5 Å². The third-order valence-electron chi connectivity index (χ3n) is 2.69. The third kappa shape index (κ3) is 3.06. The molecule has 1 atom stereocenters. The fourth-order valence-corrected chi connectivity index (χ4v) is 1.86. The number of nitrogens with zero attached hydrogens (tertiary/aromatic N) is 2. The van der Waals surface area contributed by atoms with Gasteiger partial charge in [0.2, 0.25) is 11.8 Å². The largest absolute Gasteiger partial charge is 0.472 e. The number of pyridine rings is 1. The quantitative estimate of drug-likeness (QED) is 0.744. The molecule has 0 aliphatic carbocycles. The maximum atomic E-state index is 11.6. The van der Waals surface area contributed by atoms with Crippen molar-refractivity contribution in [1.82, 2.24) is 9.88 Å². The average Bonchev–Trinajstić information content (AvgIpc) is 2.79. The molecule has 1 aliphatic heterocycles. The van der Waals surface area contributed by atoms with Gasteiger partial charge in [-0.1, -0.05) is 12.1 Å². The summed E-state index contributed by atoms with van der Waals surface area (Å²) < 4.78 is 5.70. The summed E-state index contributed by atoms with van der Waals surface area (Å²) in [5, 5.41) is 0. The van der Waals surface area contributed by atoms with Gasteiger partial charge >= 0.3 is 0 Å². The zero-order chi connectivity index (χ0) is 12.1. The summed E-state index contributed by atoms with van der Waals surface area (Å²) in [5.41, 5.74) is 0. The molecule has 0 bridgehead atoms. The number of rotatable bonds is 3. The fraction of sp³-hybridized carbons (Fsp3) is 0.385. The molecule has 90 valence electrons. The van der Waals surface area contributed by atoms with Crippen LogP contribution in [0.4, 0.5) is 0 Å². The molecule has 2 heterocycles. The van der Waals surface area contributed by atoms with E-state index in [-0.39, 0.29) is 12.0 Å². The fourth-order valence-electron chi connectivity index (χ4n) is 1.86. The Hall–Kier alpha value is -1.84. The van der Waals surface area contributed by atoms with Crippen LogP contribution < -0.4 is 4.74 Å². The third-order valence-corrected chi connectivity index (χ3v) is 2.69. The summed E-state index contributed by atoms with van der Waals surface area (Å²) in [4.78, 5) is 17.5. The minimum Gasteiger partial charge on any atom is -0.472 e. The highest BCUT2D eigenvalue weighted by Crippen LogP contribution is 2.16. The molecule has 17 heavy (non-hydrogen) atoms. The van der Waals surface area contributed by atoms with Crippen LogP contribution in [0, 0.1) is 0 Å². The van der Waals surface area contributed by atoms with E-state index in [0.717, 1.165) is 13.0 Å². The molecular formula is C13H16N2O2. The molecule has 1 aromatic heterocycles. The summed E-state index contributed by atoms with van der Waals surface area (Å²) in [7, 11) is 0. The van der Waals surface area contributed by atoms with Crippen LogP contribution >= 0.6 is 0 Å². The van der Waals surface area contributed by atoms with Crippen molar-refractivity contribution < 1.29 is 9.53 Å². The number of likely N-dealkylation sites (tertiary alicyclic amines) is 1. The Labute approximate surface area is 101 Å². The summed E-state index contributed by atoms with van der Waals surface area (Å²) in [5.74, 6) is 0.678. The highest BCUT2D eigenvalue weighted by atomic mass is 16.5. The molecule has 0 unspecified atom stereocenters. The van der Waals surface area contributed by atoms with Crippen molar-refractivity contribution in [3.05, 3.63) is 36.5 Å². The normalized spacial score (nSPS) is 19.8. The molecule has 0 spiro atoms. The number of hydrogen-bond acceptors (Lipinski definition) is 3. The predicted molar refractivity (Wildman–Crippen MR) is 64.7 cm³/mol. The number of carbonyl (C=O) groups excluding carboxylic acids is 1. The van der Waals surface area contributed by atoms with Crippen molar-refractivity contribution in [3.63, 3.8) is 0 Å². The van der Waals surface area contributed by atoms with Crippen LogP contribution in [-0.4, -0.2) is 35.0 Å². The van der Waals surface area contributed by atoms with Crippen molar-refractivity contribution in [2.75, 3.05) is 13.1 Å². The molecule has 1 aliphatic rings. The molecule has 4 heteroatoms. The van der Waals surface area contributed by atoms with E-state index in [9.17, 15) is 4.79 Å². The molecule has 0 N–H and O–H groups in total. The van der Waals surface area contributed by atoms with E-state index in [1.165, 1.54) is 0 Å². The molecule has 1 fully saturated rings. The standard InChI is InChI=1S/C13H16N2O2/c1-2-5-13(16)15-9-7-11(10-15)17-12-6-3-4-8-14-12/h2-6,8,11H,7,9-10H2,1H3/b5-2+/t11-/m1/s1. The number of allylic oxidation sites excluding steroid dienone is 1. The zero-order valence-corrected chi connectivity index (χ0v) is 9.87. The van der Waals surface area contributed by atoms with E-state index >= 15 is 0 Å². The van der Waals surface area contributed by atoms with Crippen LogP contribution in [0.1, 0.15) is 13.3 Å². The first-order valence-electron chi connectivity index (χ1n) is 5.79. The molecule has 1 aromatic rings. The smallest absolute Gasteiger partial charge is 0.246 e. The summed E-state index contributed by atoms with van der Waals surface area (Å²) in [6.45, 7) is 3.23. The summed E-state index contributed by atoms with van der Waals surface area (Å²) in [6.07, 6.45) is 5.96. The van der Waals surface area contributed by atoms with Gasteiger partial charge in [0.1, 0.15) is 6.10 Å². The highest BCUT2D eigenvalue weighted by Gasteiger charge is 2.26. The molecule has 1 saturated heterocycles. The second kappa shape index (κ2) is 5.48. The Bertz CT molecular complexity index is 403. The van der Waals surface area contributed by atoms with Gasteiger partial charge in [0, 0.05) is 25.2 Å². The molecule has 0 radical (unpaired) electrons. The predicted octanol–water partition coefficient (Wildman–Crippen LogP) is 1.64. The highest BCUT2D eigenvalue weighted by molar-refractivity contribution is 5.87. The zero-order valence-electron chi connectivity index (χ0n) is 9.87. The summed E-state index contributed by atoms with van der Waals surface area (Å²) in [6, 6.07) is 5.57. The molecule has 2 rings (SSSR count). The lowest BCUT2D eigenvalue weighted by atomic mass is 10.3. The van der Waals surface area contributed by atoms with Crippen molar-refractivity contribution >= 4 is 5.91 Å². The second-order valence-electron chi connectivity index (χ2n) is 3.98. The van der Waals surface area contributed by atoms with Crippen LogP contribution in [0.3, 0.4) is 0 Å². The van der Waals surface area contributed by atoms with Gasteiger partial charge in [0.25, 0.3) is 0 Å². The van der Waals surface area contributed by atoms with Gasteiger partial charge in [-0.3, -0.25) is 4.79 Å². The van der Waals surface area contributed by atoms with E-state index in [1.54, 1.807) is 23.2 Å². The van der Waals surface area contributed by atoms with E-state index in [4.69, 9.17) is 4.74 Å². The first-order valence-corrected chi connectivity index (χ1v) is 5.79. The molecule has 0 saturated carbocycles. The van der Waals surface area contributed by atoms with E-state index < -0.39 is 0 Å². The van der Waals surface area contributed by atoms with Crippen LogP contribution in [0.2, 0.25) is 0 Å². The average molecular weight is 232 g/mol. The van der Waals surface area contributed by atoms with E-state index in [1.807, 2.05) is 25.1 Å². The van der Waals surface area contributed by atoms with Gasteiger partial charge in [0.05, 0.1) is 6.54 Å². The number of ether oxygens (including phenoxy) is 1. The van der Waals surface area contributed by atoms with Gasteiger partial charge in [-0.15, -0.1) is 0 Å². The van der Waals surface area contributed by atoms with Gasteiger partial charge in [-0.2, -0.15) is 0 Å². The van der Waals surface area contributed by atoms with Crippen LogP contribution in [-0.2, 0) is 4.79 Å². The van der Waals surface area contributed by atoms with Crippen molar-refractivity contribution in [1.29, 1.82) is 0 Å². The number of amides is 1. The molecule has 4 nitrogen and oxygen atoms in total. The Morgan fingerprint density at radius 3 is 3.18 bits per heavy atom. The van der Waals surface area contributed by atoms with Crippen molar-refractivity contribution in [2.24, 2.45) is 0 Å². The van der Waals surface area contributed by atoms with Gasteiger partial charge in [0.15, 0.2) is 0 Å². The van der Waals surface area contributed by atoms with Crippen LogP contribution in [0.5, 0.6) is 5.88 Å². The Kier molecular flexibility index (Phi) is 3.75. The maximum absolute atomic E-state index is 11.6. The monoisotopic (exact) mass is 232 g/mol. The molecule has 1 amide bonds. The van der Waals surface area contributed by atoms with E-state index in [0.29, 0.717) is 12.4 Å². The Morgan fingerprint density at radius 2 is 2.47 bits per heavy atom.